The molecule has 2 N–H and O–H groups in total. The Labute approximate surface area is 345 Å². The summed E-state index contributed by atoms with van der Waals surface area (Å²) in [6, 6.07) is 0. The molecule has 0 aliphatic heterocycles. The number of aliphatic hydroxyl groups is 1. The lowest BCUT2D eigenvalue weighted by molar-refractivity contribution is -0.870. The Morgan fingerprint density at radius 2 is 1.16 bits per heavy atom. The number of rotatable bonds is 35. The summed E-state index contributed by atoms with van der Waals surface area (Å²) in [4.78, 5) is 35.3. The number of phosphoric ester groups is 1. The van der Waals surface area contributed by atoms with Crippen molar-refractivity contribution in [3.05, 3.63) is 109 Å². The van der Waals surface area contributed by atoms with E-state index in [0.29, 0.717) is 36.7 Å². The van der Waals surface area contributed by atoms with Gasteiger partial charge in [0, 0.05) is 12.8 Å². The first-order valence-electron chi connectivity index (χ1n) is 20.7. The molecule has 0 saturated carbocycles. The first-order valence-corrected chi connectivity index (χ1v) is 22.2. The van der Waals surface area contributed by atoms with E-state index in [1.807, 2.05) is 63.7 Å². The fraction of sp³-hybridized carbons (Fsp3) is 0.565. The highest BCUT2D eigenvalue weighted by Crippen LogP contribution is 2.43. The SMILES string of the molecule is CC/C=C\C/C=C\C/C=C\C/C=C\CCCCC(=O)O[C@H](COC(=O)CCC/C=C\C/C=C\C=C\C(O)C/C=C\C/C=C\CC)COP(=O)(O)OCC[N+](C)(C)C. The molecule has 0 heterocycles. The number of likely N-dealkylation sites (N-methyl/N-ethyl adjacent to an activating group) is 1. The van der Waals surface area contributed by atoms with Crippen LogP contribution in [0, 0.1) is 0 Å². The van der Waals surface area contributed by atoms with E-state index in [1.54, 1.807) is 6.08 Å². The third-order valence-electron chi connectivity index (χ3n) is 7.88. The molecule has 322 valence electrons. The maximum atomic E-state index is 12.6. The predicted molar refractivity (Wildman–Crippen MR) is 234 cm³/mol. The Balaban J connectivity index is 4.65. The summed E-state index contributed by atoms with van der Waals surface area (Å²) in [6.07, 6.45) is 46.1. The Bertz CT molecular complexity index is 1350. The topological polar surface area (TPSA) is 129 Å². The van der Waals surface area contributed by atoms with Crippen molar-refractivity contribution in [1.29, 1.82) is 0 Å². The molecule has 0 radical (unpaired) electrons. The van der Waals surface area contributed by atoms with Crippen LogP contribution in [0.1, 0.15) is 110 Å². The van der Waals surface area contributed by atoms with Gasteiger partial charge in [-0.05, 0) is 83.5 Å². The van der Waals surface area contributed by atoms with Crippen LogP contribution in [0.15, 0.2) is 109 Å². The monoisotopic (exact) mass is 817 g/mol. The molecule has 11 heteroatoms. The Hall–Kier alpha value is -3.37. The summed E-state index contributed by atoms with van der Waals surface area (Å²) < 4.78 is 34.1. The molecule has 3 atom stereocenters. The van der Waals surface area contributed by atoms with E-state index in [4.69, 9.17) is 18.5 Å². The van der Waals surface area contributed by atoms with Crippen LogP contribution in [-0.2, 0) is 32.7 Å². The number of hydrogen-bond donors (Lipinski definition) is 2. The normalized spacial score (nSPS) is 15.3. The summed E-state index contributed by atoms with van der Waals surface area (Å²) in [7, 11) is 1.36. The highest BCUT2D eigenvalue weighted by molar-refractivity contribution is 7.47. The summed E-state index contributed by atoms with van der Waals surface area (Å²) in [5.41, 5.74) is 0. The molecule has 0 aliphatic carbocycles. The summed E-state index contributed by atoms with van der Waals surface area (Å²) in [5.74, 6) is -0.970. The number of aliphatic hydroxyl groups excluding tert-OH is 1. The van der Waals surface area contributed by atoms with Crippen molar-refractivity contribution < 1.29 is 47.2 Å². The highest BCUT2D eigenvalue weighted by Gasteiger charge is 2.27. The van der Waals surface area contributed by atoms with E-state index in [0.717, 1.165) is 57.8 Å². The summed E-state index contributed by atoms with van der Waals surface area (Å²) in [6.45, 7) is 3.94. The average Bonchev–Trinajstić information content (AvgIpc) is 3.15. The van der Waals surface area contributed by atoms with Crippen molar-refractivity contribution in [3.63, 3.8) is 0 Å². The number of quaternary nitrogens is 1. The number of ether oxygens (including phenoxy) is 2. The van der Waals surface area contributed by atoms with Gasteiger partial charge in [0.25, 0.3) is 0 Å². The van der Waals surface area contributed by atoms with Gasteiger partial charge in [-0.2, -0.15) is 0 Å². The first kappa shape index (κ1) is 53.6. The van der Waals surface area contributed by atoms with Gasteiger partial charge in [-0.1, -0.05) is 123 Å². The minimum absolute atomic E-state index is 0.00226. The maximum Gasteiger partial charge on any atom is 0.472 e. The zero-order valence-electron chi connectivity index (χ0n) is 35.6. The van der Waals surface area contributed by atoms with Gasteiger partial charge in [0.2, 0.25) is 0 Å². The number of nitrogens with zero attached hydrogens (tertiary/aromatic N) is 1. The summed E-state index contributed by atoms with van der Waals surface area (Å²) >= 11 is 0. The zero-order chi connectivity index (χ0) is 42.3. The van der Waals surface area contributed by atoms with Crippen LogP contribution < -0.4 is 0 Å². The number of unbranched alkanes of at least 4 members (excludes halogenated alkanes) is 3. The first-order chi connectivity index (χ1) is 27.4. The van der Waals surface area contributed by atoms with Crippen molar-refractivity contribution in [2.45, 2.75) is 122 Å². The molecule has 0 bridgehead atoms. The van der Waals surface area contributed by atoms with Crippen LogP contribution in [0.2, 0.25) is 0 Å². The molecule has 0 saturated heterocycles. The van der Waals surface area contributed by atoms with Crippen molar-refractivity contribution >= 4 is 19.8 Å². The molecule has 0 spiro atoms. The molecule has 0 aliphatic rings. The standard InChI is InChI=1S/C46H74NO9P/c1-6-8-10-12-14-15-16-17-18-19-20-21-26-30-34-38-46(50)56-44(42-55-57(51,52)54-40-39-47(3,4)5)41-53-45(49)37-33-29-25-23-22-24-28-32-36-43(48)35-31-27-13-11-9-7-2/h8-11,14-15,17-18,20-21,23-25,27-28,31-32,36,43-44,48H,6-7,12-13,16,19,22,26,29-30,33-35,37-42H2,1-5H3/p+1/b10-8-,11-9-,15-14-,18-17-,21-20-,25-23-,28-24-,31-27-,36-32+/t43?,44-/m1/s1. The quantitative estimate of drug-likeness (QED) is 0.0160. The van der Waals surface area contributed by atoms with Crippen LogP contribution in [0.5, 0.6) is 0 Å². The fourth-order valence-corrected chi connectivity index (χ4v) is 5.39. The van der Waals surface area contributed by atoms with Gasteiger partial charge in [0.15, 0.2) is 6.10 Å². The van der Waals surface area contributed by atoms with E-state index in [-0.39, 0.29) is 26.1 Å². The van der Waals surface area contributed by atoms with Crippen LogP contribution in [-0.4, -0.2) is 86.1 Å². The third kappa shape index (κ3) is 40.6. The van der Waals surface area contributed by atoms with Gasteiger partial charge in [0.05, 0.1) is 33.9 Å². The number of hydrogen-bond acceptors (Lipinski definition) is 8. The van der Waals surface area contributed by atoms with Gasteiger partial charge < -0.3 is 24.0 Å². The van der Waals surface area contributed by atoms with Crippen molar-refractivity contribution in [1.82, 2.24) is 0 Å². The second-order valence-corrected chi connectivity index (χ2v) is 15.9. The van der Waals surface area contributed by atoms with Crippen LogP contribution in [0.3, 0.4) is 0 Å². The molecule has 0 aromatic rings. The van der Waals surface area contributed by atoms with Gasteiger partial charge in [-0.15, -0.1) is 0 Å². The van der Waals surface area contributed by atoms with E-state index < -0.39 is 38.6 Å². The number of allylic oxidation sites excluding steroid dienone is 16. The number of carbonyl (C=O) groups is 2. The maximum absolute atomic E-state index is 12.6. The molecule has 0 aromatic heterocycles. The summed E-state index contributed by atoms with van der Waals surface area (Å²) in [5, 5.41) is 10.0. The lowest BCUT2D eigenvalue weighted by Crippen LogP contribution is -2.37. The van der Waals surface area contributed by atoms with Crippen molar-refractivity contribution in [3.8, 4) is 0 Å². The Morgan fingerprint density at radius 3 is 1.75 bits per heavy atom. The van der Waals surface area contributed by atoms with Crippen molar-refractivity contribution in [2.75, 3.05) is 47.5 Å². The van der Waals surface area contributed by atoms with Crippen LogP contribution >= 0.6 is 7.82 Å². The largest absolute Gasteiger partial charge is 0.472 e. The number of phosphoric acid groups is 1. The average molecular weight is 817 g/mol. The van der Waals surface area contributed by atoms with Crippen LogP contribution in [0.25, 0.3) is 0 Å². The smallest absolute Gasteiger partial charge is 0.462 e. The molecule has 0 amide bonds. The molecule has 2 unspecified atom stereocenters. The predicted octanol–water partition coefficient (Wildman–Crippen LogP) is 10.5. The molecular formula is C46H75NO9P+. The molecular weight excluding hydrogens is 741 g/mol. The Morgan fingerprint density at radius 1 is 0.632 bits per heavy atom. The fourth-order valence-electron chi connectivity index (χ4n) is 4.65. The zero-order valence-corrected chi connectivity index (χ0v) is 36.5. The second kappa shape index (κ2) is 36.9. The number of carbonyl (C=O) groups excluding carboxylic acids is 2. The molecule has 10 nitrogen and oxygen atoms in total. The van der Waals surface area contributed by atoms with Crippen molar-refractivity contribution in [2.24, 2.45) is 0 Å². The van der Waals surface area contributed by atoms with E-state index >= 15 is 0 Å². The number of esters is 2. The van der Waals surface area contributed by atoms with E-state index in [2.05, 4.69) is 74.6 Å². The molecule has 0 fully saturated rings. The van der Waals surface area contributed by atoms with Gasteiger partial charge >= 0.3 is 19.8 Å². The van der Waals surface area contributed by atoms with E-state index in [1.165, 1.54) is 0 Å². The lowest BCUT2D eigenvalue weighted by atomic mass is 10.2. The van der Waals surface area contributed by atoms with Gasteiger partial charge in [-0.3, -0.25) is 18.6 Å². The van der Waals surface area contributed by atoms with Gasteiger partial charge in [-0.25, -0.2) is 4.57 Å². The third-order valence-corrected chi connectivity index (χ3v) is 8.86. The van der Waals surface area contributed by atoms with E-state index in [9.17, 15) is 24.2 Å². The van der Waals surface area contributed by atoms with Gasteiger partial charge in [0.1, 0.15) is 19.8 Å². The Kier molecular flexibility index (Phi) is 34.8. The lowest BCUT2D eigenvalue weighted by Gasteiger charge is -2.24. The molecule has 0 rings (SSSR count). The minimum Gasteiger partial charge on any atom is -0.462 e. The minimum atomic E-state index is -4.42. The molecule has 57 heavy (non-hydrogen) atoms. The second-order valence-electron chi connectivity index (χ2n) is 14.5. The molecule has 0 aromatic carbocycles. The highest BCUT2D eigenvalue weighted by atomic mass is 31.2. The van der Waals surface area contributed by atoms with Crippen LogP contribution in [0.4, 0.5) is 0 Å².